The van der Waals surface area contributed by atoms with Gasteiger partial charge in [0.25, 0.3) is 0 Å². The molecule has 4 rings (SSSR count). The van der Waals surface area contributed by atoms with Crippen LogP contribution in [0.25, 0.3) is 10.6 Å². The Morgan fingerprint density at radius 2 is 1.90 bits per heavy atom. The van der Waals surface area contributed by atoms with Crippen LogP contribution >= 0.6 is 22.9 Å². The maximum absolute atomic E-state index is 13.4. The van der Waals surface area contributed by atoms with Gasteiger partial charge in [0.05, 0.1) is 5.02 Å². The summed E-state index contributed by atoms with van der Waals surface area (Å²) in [5, 5.41) is 11.2. The molecular weight excluding hydrogens is 421 g/mol. The molecule has 2 aromatic carbocycles. The van der Waals surface area contributed by atoms with Crippen LogP contribution in [0.2, 0.25) is 5.02 Å². The first-order valence-electron chi connectivity index (χ1n) is 10.4. The maximum Gasteiger partial charge on any atom is 0.147 e. The molecule has 3 aromatic rings. The highest BCUT2D eigenvalue weighted by molar-refractivity contribution is 7.14. The van der Waals surface area contributed by atoms with Gasteiger partial charge in [0.1, 0.15) is 27.7 Å². The zero-order chi connectivity index (χ0) is 20.9. The van der Waals surface area contributed by atoms with Crippen LogP contribution in [0.15, 0.2) is 42.5 Å². The number of hydrogen-bond acceptors (Lipinski definition) is 5. The lowest BCUT2D eigenvalue weighted by Crippen LogP contribution is -2.38. The highest BCUT2D eigenvalue weighted by Gasteiger charge is 2.22. The van der Waals surface area contributed by atoms with Gasteiger partial charge in [-0.15, -0.1) is 10.2 Å². The third kappa shape index (κ3) is 5.10. The predicted molar refractivity (Wildman–Crippen MR) is 121 cm³/mol. The van der Waals surface area contributed by atoms with Crippen LogP contribution in [-0.2, 0) is 6.42 Å². The third-order valence-corrected chi connectivity index (χ3v) is 6.66. The Morgan fingerprint density at radius 1 is 1.13 bits per heavy atom. The molecule has 1 saturated heterocycles. The van der Waals surface area contributed by atoms with Gasteiger partial charge in [0, 0.05) is 49.7 Å². The molecule has 1 fully saturated rings. The lowest BCUT2D eigenvalue weighted by molar-refractivity contribution is 0.170. The number of aromatic nitrogens is 2. The smallest absolute Gasteiger partial charge is 0.147 e. The Morgan fingerprint density at radius 3 is 2.63 bits per heavy atom. The molecule has 0 radical (unpaired) electrons. The number of ether oxygens (including phenoxy) is 1. The fourth-order valence-corrected chi connectivity index (χ4v) is 4.64. The van der Waals surface area contributed by atoms with Crippen molar-refractivity contribution in [1.29, 1.82) is 0 Å². The van der Waals surface area contributed by atoms with E-state index in [9.17, 15) is 4.39 Å². The van der Waals surface area contributed by atoms with Gasteiger partial charge >= 0.3 is 0 Å². The average Bonchev–Trinajstić information content (AvgIpc) is 3.24. The van der Waals surface area contributed by atoms with Gasteiger partial charge in [-0.2, -0.15) is 0 Å². The van der Waals surface area contributed by atoms with E-state index in [1.807, 2.05) is 0 Å². The van der Waals surface area contributed by atoms with Gasteiger partial charge in [-0.25, -0.2) is 4.39 Å². The van der Waals surface area contributed by atoms with Crippen LogP contribution in [0.5, 0.6) is 5.75 Å². The second kappa shape index (κ2) is 9.75. The Hall–Kier alpha value is -2.18. The van der Waals surface area contributed by atoms with Crippen LogP contribution in [0.1, 0.15) is 37.6 Å². The zero-order valence-electron chi connectivity index (χ0n) is 17.0. The van der Waals surface area contributed by atoms with Gasteiger partial charge in [-0.3, -0.25) is 0 Å². The molecule has 0 atom stereocenters. The average molecular weight is 446 g/mol. The molecule has 0 unspecified atom stereocenters. The van der Waals surface area contributed by atoms with E-state index in [4.69, 9.17) is 16.3 Å². The van der Waals surface area contributed by atoms with Crippen molar-refractivity contribution in [2.45, 2.75) is 45.1 Å². The molecule has 1 aliphatic rings. The van der Waals surface area contributed by atoms with E-state index in [1.54, 1.807) is 11.3 Å². The minimum absolute atomic E-state index is 0.0442. The molecule has 0 N–H and O–H groups in total. The molecule has 158 valence electrons. The standard InChI is InChI=1S/C23H25ClFN3OS/c1-2-3-4-22-26-27-23(30-22)16-5-8-18(9-6-16)28-13-11-19(12-14-28)29-21-15-17(25)7-10-20(21)24/h5-10,15,19H,2-4,11-14H2,1H3. The zero-order valence-corrected chi connectivity index (χ0v) is 18.6. The third-order valence-electron chi connectivity index (χ3n) is 5.32. The van der Waals surface area contributed by atoms with Crippen LogP contribution in [0.4, 0.5) is 10.1 Å². The van der Waals surface area contributed by atoms with Crippen molar-refractivity contribution in [3.05, 3.63) is 58.3 Å². The summed E-state index contributed by atoms with van der Waals surface area (Å²) < 4.78 is 19.4. The summed E-state index contributed by atoms with van der Waals surface area (Å²) in [5.41, 5.74) is 2.30. The van der Waals surface area contributed by atoms with Crippen molar-refractivity contribution in [3.63, 3.8) is 0 Å². The first-order valence-corrected chi connectivity index (χ1v) is 11.6. The summed E-state index contributed by atoms with van der Waals surface area (Å²) in [7, 11) is 0. The number of rotatable bonds is 7. The normalized spacial score (nSPS) is 14.8. The maximum atomic E-state index is 13.4. The molecule has 0 spiro atoms. The summed E-state index contributed by atoms with van der Waals surface area (Å²) in [6.07, 6.45) is 5.10. The second-order valence-electron chi connectivity index (χ2n) is 7.53. The van der Waals surface area contributed by atoms with Gasteiger partial charge in [0.15, 0.2) is 0 Å². The van der Waals surface area contributed by atoms with E-state index >= 15 is 0 Å². The minimum atomic E-state index is -0.333. The van der Waals surface area contributed by atoms with Crippen molar-refractivity contribution < 1.29 is 9.13 Å². The largest absolute Gasteiger partial charge is 0.489 e. The fourth-order valence-electron chi connectivity index (χ4n) is 3.59. The number of halogens is 2. The van der Waals surface area contributed by atoms with Crippen molar-refractivity contribution in [2.24, 2.45) is 0 Å². The molecule has 7 heteroatoms. The van der Waals surface area contributed by atoms with E-state index in [-0.39, 0.29) is 11.9 Å². The molecule has 30 heavy (non-hydrogen) atoms. The number of nitrogens with zero attached hydrogens (tertiary/aromatic N) is 3. The van der Waals surface area contributed by atoms with Crippen LogP contribution in [0.3, 0.4) is 0 Å². The van der Waals surface area contributed by atoms with Gasteiger partial charge < -0.3 is 9.64 Å². The molecule has 1 aromatic heterocycles. The Labute approximate surface area is 185 Å². The molecule has 0 aliphatic carbocycles. The van der Waals surface area contributed by atoms with Crippen molar-refractivity contribution >= 4 is 28.6 Å². The van der Waals surface area contributed by atoms with E-state index in [2.05, 4.69) is 46.3 Å². The van der Waals surface area contributed by atoms with Crippen LogP contribution < -0.4 is 9.64 Å². The number of unbranched alkanes of at least 4 members (excludes halogenated alkanes) is 1. The number of aryl methyl sites for hydroxylation is 1. The topological polar surface area (TPSA) is 38.2 Å². The van der Waals surface area contributed by atoms with E-state index < -0.39 is 0 Å². The molecule has 0 amide bonds. The first kappa shape index (κ1) is 21.1. The van der Waals surface area contributed by atoms with Crippen LogP contribution in [-0.4, -0.2) is 29.4 Å². The SMILES string of the molecule is CCCCc1nnc(-c2ccc(N3CCC(Oc4cc(F)ccc4Cl)CC3)cc2)s1. The van der Waals surface area contributed by atoms with Gasteiger partial charge in [0.2, 0.25) is 0 Å². The number of piperidine rings is 1. The van der Waals surface area contributed by atoms with E-state index in [0.29, 0.717) is 10.8 Å². The van der Waals surface area contributed by atoms with Crippen molar-refractivity contribution in [1.82, 2.24) is 10.2 Å². The predicted octanol–water partition coefficient (Wildman–Crippen LogP) is 6.39. The summed E-state index contributed by atoms with van der Waals surface area (Å²) in [5.74, 6) is 0.0923. The van der Waals surface area contributed by atoms with Crippen molar-refractivity contribution in [3.8, 4) is 16.3 Å². The molecule has 2 heterocycles. The Kier molecular flexibility index (Phi) is 6.85. The summed E-state index contributed by atoms with van der Waals surface area (Å²) in [6, 6.07) is 12.8. The van der Waals surface area contributed by atoms with Crippen LogP contribution in [0, 0.1) is 5.82 Å². The highest BCUT2D eigenvalue weighted by atomic mass is 35.5. The lowest BCUT2D eigenvalue weighted by Gasteiger charge is -2.34. The molecule has 4 nitrogen and oxygen atoms in total. The molecule has 1 aliphatic heterocycles. The molecule has 0 saturated carbocycles. The van der Waals surface area contributed by atoms with E-state index in [0.717, 1.165) is 54.4 Å². The molecule has 0 bridgehead atoms. The fraction of sp³-hybridized carbons (Fsp3) is 0.391. The summed E-state index contributed by atoms with van der Waals surface area (Å²) >= 11 is 7.80. The van der Waals surface area contributed by atoms with E-state index in [1.165, 1.54) is 30.3 Å². The number of benzene rings is 2. The first-order chi connectivity index (χ1) is 14.6. The van der Waals surface area contributed by atoms with Crippen molar-refractivity contribution in [2.75, 3.05) is 18.0 Å². The molecular formula is C23H25ClFN3OS. The summed E-state index contributed by atoms with van der Waals surface area (Å²) in [4.78, 5) is 2.35. The number of hydrogen-bond donors (Lipinski definition) is 0. The Balaban J connectivity index is 1.33. The lowest BCUT2D eigenvalue weighted by atomic mass is 10.1. The highest BCUT2D eigenvalue weighted by Crippen LogP contribution is 2.30. The minimum Gasteiger partial charge on any atom is -0.489 e. The quantitative estimate of drug-likeness (QED) is 0.422. The van der Waals surface area contributed by atoms with Gasteiger partial charge in [-0.05, 0) is 42.8 Å². The number of anilines is 1. The van der Waals surface area contributed by atoms with Gasteiger partial charge in [-0.1, -0.05) is 36.3 Å². The Bertz CT molecular complexity index is 971. The monoisotopic (exact) mass is 445 g/mol. The summed E-state index contributed by atoms with van der Waals surface area (Å²) in [6.45, 7) is 3.96. The second-order valence-corrected chi connectivity index (χ2v) is 9.00.